The Kier molecular flexibility index (Phi) is 4.36. The molecule has 0 radical (unpaired) electrons. The Hall–Kier alpha value is -1.11. The lowest BCUT2D eigenvalue weighted by Gasteiger charge is -2.28. The average Bonchev–Trinajstić information content (AvgIpc) is 2.53. The average molecular weight is 297 g/mol. The molecule has 0 spiro atoms. The minimum Gasteiger partial charge on any atom is -0.398 e. The third-order valence-corrected chi connectivity index (χ3v) is 6.06. The first-order chi connectivity index (χ1) is 9.34. The summed E-state index contributed by atoms with van der Waals surface area (Å²) in [4.78, 5) is 2.50. The number of nitrogens with zero attached hydrogens (tertiary/aromatic N) is 2. The van der Waals surface area contributed by atoms with Gasteiger partial charge in [0, 0.05) is 24.8 Å². The van der Waals surface area contributed by atoms with E-state index in [1.807, 2.05) is 14.0 Å². The van der Waals surface area contributed by atoms with E-state index in [4.69, 9.17) is 5.73 Å². The SMILES string of the molecule is Cc1c(N)cccc1S(=O)(=O)N1CCCN(C)CC1C. The number of benzene rings is 1. The zero-order valence-electron chi connectivity index (χ0n) is 12.3. The molecule has 20 heavy (non-hydrogen) atoms. The minimum atomic E-state index is -3.48. The molecule has 1 fully saturated rings. The summed E-state index contributed by atoms with van der Waals surface area (Å²) in [6.45, 7) is 5.95. The summed E-state index contributed by atoms with van der Waals surface area (Å²) in [6, 6.07) is 5.04. The zero-order chi connectivity index (χ0) is 14.9. The van der Waals surface area contributed by atoms with Crippen LogP contribution in [0.2, 0.25) is 0 Å². The Morgan fingerprint density at radius 3 is 2.70 bits per heavy atom. The van der Waals surface area contributed by atoms with E-state index >= 15 is 0 Å². The van der Waals surface area contributed by atoms with Gasteiger partial charge in [0.25, 0.3) is 0 Å². The molecule has 112 valence electrons. The maximum absolute atomic E-state index is 12.9. The van der Waals surface area contributed by atoms with Gasteiger partial charge >= 0.3 is 0 Å². The topological polar surface area (TPSA) is 66.6 Å². The number of nitrogen functional groups attached to an aromatic ring is 1. The normalized spacial score (nSPS) is 22.6. The van der Waals surface area contributed by atoms with E-state index in [0.717, 1.165) is 19.5 Å². The second-order valence-corrected chi connectivity index (χ2v) is 7.41. The Balaban J connectivity index is 2.41. The quantitative estimate of drug-likeness (QED) is 0.835. The van der Waals surface area contributed by atoms with Crippen LogP contribution in [0.5, 0.6) is 0 Å². The van der Waals surface area contributed by atoms with Gasteiger partial charge in [-0.15, -0.1) is 0 Å². The fraction of sp³-hybridized carbons (Fsp3) is 0.571. The third kappa shape index (κ3) is 2.82. The number of hydrogen-bond donors (Lipinski definition) is 1. The molecule has 2 N–H and O–H groups in total. The molecule has 5 nitrogen and oxygen atoms in total. The molecule has 6 heteroatoms. The smallest absolute Gasteiger partial charge is 0.243 e. The van der Waals surface area contributed by atoms with Crippen LogP contribution in [0.3, 0.4) is 0 Å². The highest BCUT2D eigenvalue weighted by Crippen LogP contribution is 2.26. The molecule has 1 unspecified atom stereocenters. The van der Waals surface area contributed by atoms with Crippen LogP contribution in [-0.4, -0.2) is 50.3 Å². The van der Waals surface area contributed by atoms with Crippen molar-refractivity contribution in [3.05, 3.63) is 23.8 Å². The largest absolute Gasteiger partial charge is 0.398 e. The Labute approximate surface area is 121 Å². The summed E-state index contributed by atoms with van der Waals surface area (Å²) in [5.41, 5.74) is 7.00. The van der Waals surface area contributed by atoms with Gasteiger partial charge in [-0.2, -0.15) is 4.31 Å². The van der Waals surface area contributed by atoms with Crippen molar-refractivity contribution in [2.45, 2.75) is 31.2 Å². The monoisotopic (exact) mass is 297 g/mol. The summed E-state index contributed by atoms with van der Waals surface area (Å²) in [5.74, 6) is 0. The molecule has 1 aliphatic rings. The summed E-state index contributed by atoms with van der Waals surface area (Å²) in [6.07, 6.45) is 0.849. The van der Waals surface area contributed by atoms with Crippen LogP contribution < -0.4 is 5.73 Å². The summed E-state index contributed by atoms with van der Waals surface area (Å²) in [7, 11) is -1.46. The van der Waals surface area contributed by atoms with E-state index < -0.39 is 10.0 Å². The van der Waals surface area contributed by atoms with Gasteiger partial charge in [-0.25, -0.2) is 8.42 Å². The van der Waals surface area contributed by atoms with E-state index in [1.54, 1.807) is 29.4 Å². The molecule has 1 aliphatic heterocycles. The number of hydrogen-bond acceptors (Lipinski definition) is 4. The van der Waals surface area contributed by atoms with E-state index in [1.165, 1.54) is 0 Å². The first kappa shape index (κ1) is 15.3. The van der Waals surface area contributed by atoms with Gasteiger partial charge in [0.05, 0.1) is 4.90 Å². The standard InChI is InChI=1S/C14H23N3O2S/c1-11-10-16(3)8-5-9-17(11)20(18,19)14-7-4-6-13(15)12(14)2/h4,6-7,11H,5,8-10,15H2,1-3H3. The Bertz CT molecular complexity index is 586. The fourth-order valence-corrected chi connectivity index (χ4v) is 4.66. The number of rotatable bonds is 2. The first-order valence-electron chi connectivity index (χ1n) is 6.89. The highest BCUT2D eigenvalue weighted by atomic mass is 32.2. The molecule has 1 aromatic rings. The number of sulfonamides is 1. The maximum Gasteiger partial charge on any atom is 0.243 e. The van der Waals surface area contributed by atoms with Gasteiger partial charge in [0.15, 0.2) is 0 Å². The lowest BCUT2D eigenvalue weighted by Crippen LogP contribution is -2.42. The highest BCUT2D eigenvalue weighted by molar-refractivity contribution is 7.89. The van der Waals surface area contributed by atoms with Gasteiger partial charge in [0.1, 0.15) is 0 Å². The van der Waals surface area contributed by atoms with Crippen molar-refractivity contribution >= 4 is 15.7 Å². The van der Waals surface area contributed by atoms with Gasteiger partial charge < -0.3 is 10.6 Å². The number of anilines is 1. The first-order valence-corrected chi connectivity index (χ1v) is 8.33. The van der Waals surface area contributed by atoms with Crippen molar-refractivity contribution < 1.29 is 8.42 Å². The Morgan fingerprint density at radius 2 is 2.00 bits per heavy atom. The van der Waals surface area contributed by atoms with Crippen molar-refractivity contribution in [2.75, 3.05) is 32.4 Å². The molecule has 0 aromatic heterocycles. The summed E-state index contributed by atoms with van der Waals surface area (Å²) < 4.78 is 27.4. The number of likely N-dealkylation sites (N-methyl/N-ethyl adjacent to an activating group) is 1. The molecular weight excluding hydrogens is 274 g/mol. The Morgan fingerprint density at radius 1 is 1.30 bits per heavy atom. The van der Waals surface area contributed by atoms with Crippen LogP contribution in [0, 0.1) is 6.92 Å². The fourth-order valence-electron chi connectivity index (χ4n) is 2.74. The molecule has 0 bridgehead atoms. The van der Waals surface area contributed by atoms with Crippen LogP contribution >= 0.6 is 0 Å². The highest BCUT2D eigenvalue weighted by Gasteiger charge is 2.32. The number of nitrogens with two attached hydrogens (primary N) is 1. The van der Waals surface area contributed by atoms with Crippen LogP contribution in [0.1, 0.15) is 18.9 Å². The predicted molar refractivity (Wildman–Crippen MR) is 81.1 cm³/mol. The second-order valence-electron chi connectivity index (χ2n) is 5.55. The summed E-state index contributed by atoms with van der Waals surface area (Å²) in [5, 5.41) is 0. The van der Waals surface area contributed by atoms with Crippen molar-refractivity contribution in [3.8, 4) is 0 Å². The second kappa shape index (κ2) is 5.71. The predicted octanol–water partition coefficient (Wildman–Crippen LogP) is 1.29. The molecular formula is C14H23N3O2S. The van der Waals surface area contributed by atoms with Crippen LogP contribution in [0.15, 0.2) is 23.1 Å². The maximum atomic E-state index is 12.9. The zero-order valence-corrected chi connectivity index (χ0v) is 13.2. The molecule has 1 heterocycles. The molecule has 1 saturated heterocycles. The van der Waals surface area contributed by atoms with Gasteiger partial charge in [0.2, 0.25) is 10.0 Å². The lowest BCUT2D eigenvalue weighted by molar-refractivity contribution is 0.290. The van der Waals surface area contributed by atoms with E-state index in [9.17, 15) is 8.42 Å². The lowest BCUT2D eigenvalue weighted by atomic mass is 10.2. The van der Waals surface area contributed by atoms with Crippen LogP contribution in [0.4, 0.5) is 5.69 Å². The molecule has 1 aromatic carbocycles. The minimum absolute atomic E-state index is 0.0340. The van der Waals surface area contributed by atoms with Gasteiger partial charge in [-0.3, -0.25) is 0 Å². The van der Waals surface area contributed by atoms with E-state index in [2.05, 4.69) is 4.90 Å². The molecule has 2 rings (SSSR count). The third-order valence-electron chi connectivity index (χ3n) is 3.90. The van der Waals surface area contributed by atoms with E-state index in [-0.39, 0.29) is 6.04 Å². The van der Waals surface area contributed by atoms with Gasteiger partial charge in [-0.1, -0.05) is 6.07 Å². The molecule has 1 atom stereocenters. The molecule has 0 aliphatic carbocycles. The van der Waals surface area contributed by atoms with Crippen molar-refractivity contribution in [2.24, 2.45) is 0 Å². The van der Waals surface area contributed by atoms with E-state index in [0.29, 0.717) is 22.7 Å². The van der Waals surface area contributed by atoms with Crippen LogP contribution in [0.25, 0.3) is 0 Å². The summed E-state index contributed by atoms with van der Waals surface area (Å²) >= 11 is 0. The van der Waals surface area contributed by atoms with Gasteiger partial charge in [-0.05, 0) is 51.6 Å². The molecule has 0 amide bonds. The van der Waals surface area contributed by atoms with Crippen molar-refractivity contribution in [1.82, 2.24) is 9.21 Å². The van der Waals surface area contributed by atoms with Crippen molar-refractivity contribution in [1.29, 1.82) is 0 Å². The van der Waals surface area contributed by atoms with Crippen LogP contribution in [-0.2, 0) is 10.0 Å². The van der Waals surface area contributed by atoms with Crippen molar-refractivity contribution in [3.63, 3.8) is 0 Å². The molecule has 0 saturated carbocycles.